The van der Waals surface area contributed by atoms with Gasteiger partial charge in [-0.05, 0) is 35.2 Å². The number of fused-ring (bicyclic) bond motifs is 3. The van der Waals surface area contributed by atoms with E-state index in [1.54, 1.807) is 6.92 Å². The number of nitrogens with zero attached hydrogens (tertiary/aromatic N) is 1. The summed E-state index contributed by atoms with van der Waals surface area (Å²) in [7, 11) is 1.37. The Morgan fingerprint density at radius 3 is 2.18 bits per heavy atom. The highest BCUT2D eigenvalue weighted by molar-refractivity contribution is 5.94. The summed E-state index contributed by atoms with van der Waals surface area (Å²) in [5.41, 5.74) is 10.0. The minimum atomic E-state index is -1.48. The van der Waals surface area contributed by atoms with Crippen LogP contribution in [0, 0.1) is 16.0 Å². The molecule has 0 fully saturated rings. The zero-order valence-electron chi connectivity index (χ0n) is 21.0. The van der Waals surface area contributed by atoms with Crippen LogP contribution in [0.15, 0.2) is 60.7 Å². The highest BCUT2D eigenvalue weighted by atomic mass is 16.6. The number of carboxylic acid groups (broad SMARTS) is 1. The molecule has 0 radical (unpaired) electrons. The predicted octanol–water partition coefficient (Wildman–Crippen LogP) is 4.45. The van der Waals surface area contributed by atoms with Gasteiger partial charge < -0.3 is 25.1 Å². The van der Waals surface area contributed by atoms with Crippen LogP contribution in [0.3, 0.4) is 0 Å². The van der Waals surface area contributed by atoms with Crippen molar-refractivity contribution in [2.24, 2.45) is 11.7 Å². The van der Waals surface area contributed by atoms with E-state index in [0.717, 1.165) is 22.3 Å². The Balaban J connectivity index is 1.43. The van der Waals surface area contributed by atoms with E-state index in [2.05, 4.69) is 0 Å². The van der Waals surface area contributed by atoms with Gasteiger partial charge in [-0.15, -0.1) is 0 Å². The molecule has 0 saturated heterocycles. The van der Waals surface area contributed by atoms with Gasteiger partial charge in [0, 0.05) is 18.4 Å². The van der Waals surface area contributed by atoms with Gasteiger partial charge in [0.25, 0.3) is 5.69 Å². The molecule has 3 aromatic rings. The van der Waals surface area contributed by atoms with Crippen LogP contribution in [0.5, 0.6) is 11.5 Å². The molecule has 10 nitrogen and oxygen atoms in total. The molecule has 2 unspecified atom stereocenters. The fourth-order valence-corrected chi connectivity index (χ4v) is 4.69. The van der Waals surface area contributed by atoms with Crippen LogP contribution >= 0.6 is 0 Å². The Morgan fingerprint density at radius 1 is 1.05 bits per heavy atom. The lowest BCUT2D eigenvalue weighted by molar-refractivity contribution is -0.385. The molecule has 0 bridgehead atoms. The van der Waals surface area contributed by atoms with Crippen molar-refractivity contribution < 1.29 is 33.8 Å². The molecule has 0 amide bonds. The Kier molecular flexibility index (Phi) is 7.92. The molecule has 3 N–H and O–H groups in total. The fourth-order valence-electron chi connectivity index (χ4n) is 4.69. The van der Waals surface area contributed by atoms with Crippen molar-refractivity contribution in [2.75, 3.05) is 20.3 Å². The van der Waals surface area contributed by atoms with Crippen LogP contribution in [0.4, 0.5) is 5.69 Å². The lowest BCUT2D eigenvalue weighted by Crippen LogP contribution is -2.29. The maximum Gasteiger partial charge on any atom is 0.320 e. The molecule has 0 aromatic heterocycles. The normalized spacial score (nSPS) is 13.7. The number of hydrogen-bond acceptors (Lipinski definition) is 8. The van der Waals surface area contributed by atoms with Gasteiger partial charge in [0.05, 0.1) is 30.3 Å². The van der Waals surface area contributed by atoms with Crippen molar-refractivity contribution in [1.29, 1.82) is 0 Å². The molecule has 0 aliphatic heterocycles. The Morgan fingerprint density at radius 2 is 1.66 bits per heavy atom. The second-order valence-corrected chi connectivity index (χ2v) is 8.99. The van der Waals surface area contributed by atoms with E-state index in [4.69, 9.17) is 19.9 Å². The number of hydrogen-bond donors (Lipinski definition) is 2. The Labute approximate surface area is 219 Å². The number of nitrogens with two attached hydrogens (primary N) is 1. The predicted molar refractivity (Wildman–Crippen MR) is 138 cm³/mol. The van der Waals surface area contributed by atoms with E-state index in [9.17, 15) is 24.8 Å². The van der Waals surface area contributed by atoms with Gasteiger partial charge in [-0.25, -0.2) is 0 Å². The van der Waals surface area contributed by atoms with Crippen LogP contribution < -0.4 is 15.2 Å². The third-order valence-corrected chi connectivity index (χ3v) is 6.60. The fraction of sp³-hybridized carbons (Fsp3) is 0.286. The second kappa shape index (κ2) is 11.3. The van der Waals surface area contributed by atoms with Crippen LogP contribution in [0.1, 0.15) is 42.0 Å². The van der Waals surface area contributed by atoms with Gasteiger partial charge in [0.1, 0.15) is 6.61 Å². The van der Waals surface area contributed by atoms with E-state index in [1.807, 2.05) is 48.5 Å². The molecule has 198 valence electrons. The number of carboxylic acids is 1. The minimum Gasteiger partial charge on any atom is -0.493 e. The van der Waals surface area contributed by atoms with Gasteiger partial charge in [-0.2, -0.15) is 0 Å². The van der Waals surface area contributed by atoms with Crippen molar-refractivity contribution in [3.63, 3.8) is 0 Å². The number of methoxy groups -OCH3 is 1. The number of benzene rings is 3. The largest absolute Gasteiger partial charge is 0.493 e. The minimum absolute atomic E-state index is 0.00372. The molecule has 38 heavy (non-hydrogen) atoms. The van der Waals surface area contributed by atoms with E-state index in [1.165, 1.54) is 19.2 Å². The zero-order valence-corrected chi connectivity index (χ0v) is 21.0. The first-order chi connectivity index (χ1) is 18.2. The lowest BCUT2D eigenvalue weighted by atomic mass is 9.98. The van der Waals surface area contributed by atoms with E-state index in [0.29, 0.717) is 0 Å². The molecule has 2 atom stereocenters. The molecule has 3 aromatic carbocycles. The smallest absolute Gasteiger partial charge is 0.320 e. The van der Waals surface area contributed by atoms with Crippen LogP contribution in [-0.4, -0.2) is 42.3 Å². The Hall–Kier alpha value is -4.44. The van der Waals surface area contributed by atoms with Crippen molar-refractivity contribution in [3.8, 4) is 22.6 Å². The van der Waals surface area contributed by atoms with Crippen molar-refractivity contribution in [1.82, 2.24) is 0 Å². The average Bonchev–Trinajstić information content (AvgIpc) is 3.22. The monoisotopic (exact) mass is 520 g/mol. The molecule has 1 aliphatic rings. The molecule has 0 saturated carbocycles. The van der Waals surface area contributed by atoms with Crippen LogP contribution in [0.2, 0.25) is 0 Å². The number of carbonyl (C=O) groups is 2. The molecule has 0 spiro atoms. The molecular weight excluding hydrogens is 492 g/mol. The quantitative estimate of drug-likeness (QED) is 0.162. The first-order valence-corrected chi connectivity index (χ1v) is 12.0. The SMILES string of the molecule is COc1cc(C(C)N)c([N+](=O)[O-])cc1OCCC(C(=O)O)C(=O)OCC1c2ccccc2-c2ccccc21. The maximum atomic E-state index is 12.8. The summed E-state index contributed by atoms with van der Waals surface area (Å²) in [6.45, 7) is 1.39. The summed E-state index contributed by atoms with van der Waals surface area (Å²) in [5, 5.41) is 21.2. The molecule has 1 aliphatic carbocycles. The summed E-state index contributed by atoms with van der Waals surface area (Å²) in [6, 6.07) is 17.6. The van der Waals surface area contributed by atoms with Crippen LogP contribution in [-0.2, 0) is 14.3 Å². The average molecular weight is 521 g/mol. The molecule has 0 heterocycles. The molecular formula is C28H28N2O8. The summed E-state index contributed by atoms with van der Waals surface area (Å²) < 4.78 is 16.4. The number of aliphatic carboxylic acids is 1. The second-order valence-electron chi connectivity index (χ2n) is 8.99. The zero-order chi connectivity index (χ0) is 27.4. The van der Waals surface area contributed by atoms with Crippen molar-refractivity contribution >= 4 is 17.6 Å². The lowest BCUT2D eigenvalue weighted by Gasteiger charge is -2.18. The number of esters is 1. The third kappa shape index (κ3) is 5.30. The number of nitro groups is 1. The number of ether oxygens (including phenoxy) is 3. The standard InChI is InChI=1S/C28H28N2O8/c1-16(29)22-13-25(36-2)26(14-24(22)30(34)35)37-12-11-21(27(31)32)28(33)38-15-23-19-9-5-3-7-17(19)18-8-4-6-10-20(18)23/h3-10,13-14,16,21,23H,11-12,15,29H2,1-2H3,(H,31,32). The Bertz CT molecular complexity index is 1330. The van der Waals surface area contributed by atoms with E-state index in [-0.39, 0.29) is 48.3 Å². The van der Waals surface area contributed by atoms with Crippen molar-refractivity contribution in [2.45, 2.75) is 25.3 Å². The van der Waals surface area contributed by atoms with Gasteiger partial charge in [-0.1, -0.05) is 48.5 Å². The number of rotatable bonds is 11. The summed E-state index contributed by atoms with van der Waals surface area (Å²) in [6.07, 6.45) is -0.210. The van der Waals surface area contributed by atoms with E-state index >= 15 is 0 Å². The summed E-state index contributed by atoms with van der Waals surface area (Å²) in [5.74, 6) is -3.67. The van der Waals surface area contributed by atoms with Gasteiger partial charge in [0.15, 0.2) is 17.4 Å². The van der Waals surface area contributed by atoms with Gasteiger partial charge >= 0.3 is 11.9 Å². The van der Waals surface area contributed by atoms with Crippen LogP contribution in [0.25, 0.3) is 11.1 Å². The topological polar surface area (TPSA) is 151 Å². The summed E-state index contributed by atoms with van der Waals surface area (Å²) >= 11 is 0. The summed E-state index contributed by atoms with van der Waals surface area (Å²) in [4.78, 5) is 35.6. The third-order valence-electron chi connectivity index (χ3n) is 6.60. The van der Waals surface area contributed by atoms with Gasteiger partial charge in [0.2, 0.25) is 0 Å². The molecule has 4 rings (SSSR count). The molecule has 10 heteroatoms. The highest BCUT2D eigenvalue weighted by Crippen LogP contribution is 2.44. The van der Waals surface area contributed by atoms with Gasteiger partial charge in [-0.3, -0.25) is 19.7 Å². The van der Waals surface area contributed by atoms with E-state index < -0.39 is 28.8 Å². The number of nitro benzene ring substituents is 1. The number of carbonyl (C=O) groups excluding carboxylic acids is 1. The highest BCUT2D eigenvalue weighted by Gasteiger charge is 2.33. The first kappa shape index (κ1) is 26.6. The maximum absolute atomic E-state index is 12.8. The first-order valence-electron chi connectivity index (χ1n) is 12.0. The van der Waals surface area contributed by atoms with Crippen molar-refractivity contribution in [3.05, 3.63) is 87.5 Å².